The van der Waals surface area contributed by atoms with Crippen LogP contribution in [0.4, 0.5) is 18.9 Å². The van der Waals surface area contributed by atoms with Crippen molar-refractivity contribution in [3.05, 3.63) is 28.8 Å². The zero-order valence-corrected chi connectivity index (χ0v) is 10.3. The molecule has 0 bridgehead atoms. The highest BCUT2D eigenvalue weighted by molar-refractivity contribution is 6.32. The van der Waals surface area contributed by atoms with Crippen LogP contribution in [-0.2, 0) is 4.79 Å². The first kappa shape index (κ1) is 15.1. The molecule has 0 aliphatic heterocycles. The van der Waals surface area contributed by atoms with Gasteiger partial charge in [-0.1, -0.05) is 17.7 Å². The lowest BCUT2D eigenvalue weighted by Crippen LogP contribution is -2.55. The number of aliphatic carboxylic acids is 1. The van der Waals surface area contributed by atoms with Crippen LogP contribution in [0.5, 0.6) is 0 Å². The summed E-state index contributed by atoms with van der Waals surface area (Å²) in [7, 11) is 0. The van der Waals surface area contributed by atoms with E-state index in [0.717, 1.165) is 6.07 Å². The molecule has 0 aliphatic carbocycles. The summed E-state index contributed by atoms with van der Waals surface area (Å²) in [6.45, 7) is 0.470. The lowest BCUT2D eigenvalue weighted by Gasteiger charge is -2.30. The minimum Gasteiger partial charge on any atom is -0.479 e. The maximum absolute atomic E-state index is 12.8. The Morgan fingerprint density at radius 1 is 1.47 bits per heavy atom. The third-order valence-corrected chi connectivity index (χ3v) is 2.82. The van der Waals surface area contributed by atoms with E-state index in [1.807, 2.05) is 5.32 Å². The number of anilines is 1. The van der Waals surface area contributed by atoms with Gasteiger partial charge in [0, 0.05) is 0 Å². The molecule has 8 heteroatoms. The molecule has 0 saturated carbocycles. The van der Waals surface area contributed by atoms with Crippen molar-refractivity contribution in [1.29, 1.82) is 5.26 Å². The molecular formula is C11H8ClF3N2O2. The minimum absolute atomic E-state index is 0.0672. The van der Waals surface area contributed by atoms with Gasteiger partial charge in [-0.25, -0.2) is 4.79 Å². The Morgan fingerprint density at radius 2 is 2.05 bits per heavy atom. The molecule has 4 nitrogen and oxygen atoms in total. The largest absolute Gasteiger partial charge is 0.479 e. The van der Waals surface area contributed by atoms with Gasteiger partial charge in [-0.2, -0.15) is 18.4 Å². The SMILES string of the molecule is CC(Nc1cccc(Cl)c1C#N)(C(=O)O)C(F)(F)F. The van der Waals surface area contributed by atoms with Crippen LogP contribution in [0.25, 0.3) is 0 Å². The van der Waals surface area contributed by atoms with Crippen LogP contribution < -0.4 is 5.32 Å². The summed E-state index contributed by atoms with van der Waals surface area (Å²) in [6.07, 6.45) is -5.05. The van der Waals surface area contributed by atoms with Crippen LogP contribution in [0.15, 0.2) is 18.2 Å². The van der Waals surface area contributed by atoms with Gasteiger partial charge in [0.25, 0.3) is 0 Å². The van der Waals surface area contributed by atoms with Gasteiger partial charge in [0.05, 0.1) is 16.3 Å². The summed E-state index contributed by atoms with van der Waals surface area (Å²) in [5, 5.41) is 19.4. The third kappa shape index (κ3) is 2.74. The Hall–Kier alpha value is -1.94. The van der Waals surface area contributed by atoms with Gasteiger partial charge in [0.15, 0.2) is 0 Å². The van der Waals surface area contributed by atoms with E-state index in [0.29, 0.717) is 6.92 Å². The second-order valence-electron chi connectivity index (χ2n) is 3.83. The molecule has 0 fully saturated rings. The third-order valence-electron chi connectivity index (χ3n) is 2.50. The molecular weight excluding hydrogens is 285 g/mol. The van der Waals surface area contributed by atoms with Crippen molar-refractivity contribution in [3.63, 3.8) is 0 Å². The maximum Gasteiger partial charge on any atom is 0.422 e. The van der Waals surface area contributed by atoms with Crippen LogP contribution in [0, 0.1) is 11.3 Å². The molecule has 1 unspecified atom stereocenters. The highest BCUT2D eigenvalue weighted by Gasteiger charge is 2.57. The van der Waals surface area contributed by atoms with E-state index < -0.39 is 17.7 Å². The van der Waals surface area contributed by atoms with Crippen molar-refractivity contribution in [1.82, 2.24) is 0 Å². The van der Waals surface area contributed by atoms with E-state index in [-0.39, 0.29) is 16.3 Å². The van der Waals surface area contributed by atoms with Crippen molar-refractivity contribution in [2.24, 2.45) is 0 Å². The van der Waals surface area contributed by atoms with Gasteiger partial charge >= 0.3 is 12.1 Å². The van der Waals surface area contributed by atoms with E-state index in [4.69, 9.17) is 22.0 Å². The lowest BCUT2D eigenvalue weighted by atomic mass is 10.0. The summed E-state index contributed by atoms with van der Waals surface area (Å²) >= 11 is 5.66. The summed E-state index contributed by atoms with van der Waals surface area (Å²) in [4.78, 5) is 10.9. The van der Waals surface area contributed by atoms with Crippen molar-refractivity contribution in [2.75, 3.05) is 5.32 Å². The number of hydrogen-bond acceptors (Lipinski definition) is 3. The lowest BCUT2D eigenvalue weighted by molar-refractivity contribution is -0.192. The Labute approximate surface area is 111 Å². The molecule has 19 heavy (non-hydrogen) atoms. The molecule has 102 valence electrons. The number of nitrogens with zero attached hydrogens (tertiary/aromatic N) is 1. The molecule has 1 aromatic rings. The molecule has 0 spiro atoms. The highest BCUT2D eigenvalue weighted by atomic mass is 35.5. The van der Waals surface area contributed by atoms with Crippen molar-refractivity contribution in [2.45, 2.75) is 18.6 Å². The summed E-state index contributed by atoms with van der Waals surface area (Å²) in [6, 6.07) is 5.40. The van der Waals surface area contributed by atoms with Crippen LogP contribution >= 0.6 is 11.6 Å². The minimum atomic E-state index is -5.05. The van der Waals surface area contributed by atoms with Gasteiger partial charge in [0.2, 0.25) is 5.54 Å². The van der Waals surface area contributed by atoms with Gasteiger partial charge < -0.3 is 10.4 Å². The van der Waals surface area contributed by atoms with Crippen LogP contribution in [0.2, 0.25) is 5.02 Å². The number of nitrogens with one attached hydrogen (secondary N) is 1. The Morgan fingerprint density at radius 3 is 2.47 bits per heavy atom. The van der Waals surface area contributed by atoms with Gasteiger partial charge in [-0.15, -0.1) is 0 Å². The molecule has 2 N–H and O–H groups in total. The topological polar surface area (TPSA) is 73.1 Å². The molecule has 1 atom stereocenters. The molecule has 1 rings (SSSR count). The average Bonchev–Trinajstić information content (AvgIpc) is 2.27. The number of carboxylic acids is 1. The van der Waals surface area contributed by atoms with Crippen molar-refractivity contribution in [3.8, 4) is 6.07 Å². The second kappa shape index (κ2) is 4.97. The average molecular weight is 293 g/mol. The predicted octanol–water partition coefficient (Wildman–Crippen LogP) is 3.03. The van der Waals surface area contributed by atoms with E-state index in [1.54, 1.807) is 6.07 Å². The Balaban J connectivity index is 3.31. The quantitative estimate of drug-likeness (QED) is 0.898. The van der Waals surface area contributed by atoms with E-state index in [1.165, 1.54) is 12.1 Å². The number of rotatable bonds is 3. The predicted molar refractivity (Wildman–Crippen MR) is 61.9 cm³/mol. The first-order chi connectivity index (χ1) is 8.63. The molecule has 1 aromatic carbocycles. The number of halogens is 4. The van der Waals surface area contributed by atoms with Gasteiger partial charge in [-0.3, -0.25) is 0 Å². The van der Waals surface area contributed by atoms with E-state index >= 15 is 0 Å². The summed E-state index contributed by atoms with van der Waals surface area (Å²) in [5.74, 6) is -2.11. The molecule has 0 saturated heterocycles. The fraction of sp³-hybridized carbons (Fsp3) is 0.273. The highest BCUT2D eigenvalue weighted by Crippen LogP contribution is 2.35. The summed E-state index contributed by atoms with van der Waals surface area (Å²) in [5.41, 5.74) is -3.76. The van der Waals surface area contributed by atoms with Crippen LogP contribution in [-0.4, -0.2) is 22.8 Å². The molecule has 0 amide bonds. The molecule has 0 radical (unpaired) electrons. The zero-order valence-electron chi connectivity index (χ0n) is 9.55. The maximum atomic E-state index is 12.8. The Bertz CT molecular complexity index is 554. The smallest absolute Gasteiger partial charge is 0.422 e. The number of nitriles is 1. The van der Waals surface area contributed by atoms with Gasteiger partial charge in [0.1, 0.15) is 6.07 Å². The van der Waals surface area contributed by atoms with Gasteiger partial charge in [-0.05, 0) is 19.1 Å². The molecule has 0 aromatic heterocycles. The Kier molecular flexibility index (Phi) is 3.96. The van der Waals surface area contributed by atoms with E-state index in [2.05, 4.69) is 0 Å². The van der Waals surface area contributed by atoms with E-state index in [9.17, 15) is 18.0 Å². The number of hydrogen-bond donors (Lipinski definition) is 2. The van der Waals surface area contributed by atoms with Crippen molar-refractivity contribution < 1.29 is 23.1 Å². The first-order valence-corrected chi connectivity index (χ1v) is 5.28. The first-order valence-electron chi connectivity index (χ1n) is 4.90. The van der Waals surface area contributed by atoms with Crippen LogP contribution in [0.3, 0.4) is 0 Å². The number of alkyl halides is 3. The fourth-order valence-electron chi connectivity index (χ4n) is 1.26. The standard InChI is InChI=1S/C11H8ClF3N2O2/c1-10(9(18)19,11(13,14)15)17-8-4-2-3-7(12)6(8)5-16/h2-4,17H,1H3,(H,18,19). The second-order valence-corrected chi connectivity index (χ2v) is 4.23. The monoisotopic (exact) mass is 292 g/mol. The number of carboxylic acid groups (broad SMARTS) is 1. The summed E-state index contributed by atoms with van der Waals surface area (Å²) < 4.78 is 38.5. The number of benzene rings is 1. The number of carbonyl (C=O) groups is 1. The van der Waals surface area contributed by atoms with Crippen LogP contribution in [0.1, 0.15) is 12.5 Å². The zero-order chi connectivity index (χ0) is 14.8. The fourth-order valence-corrected chi connectivity index (χ4v) is 1.47. The molecule has 0 heterocycles. The van der Waals surface area contributed by atoms with Crippen molar-refractivity contribution >= 4 is 23.3 Å². The normalized spacial score (nSPS) is 14.3. The molecule has 0 aliphatic rings.